The summed E-state index contributed by atoms with van der Waals surface area (Å²) in [5.74, 6) is 0.849. The highest BCUT2D eigenvalue weighted by molar-refractivity contribution is 5.92. The molecule has 1 N–H and O–H groups in total. The van der Waals surface area contributed by atoms with Crippen molar-refractivity contribution in [1.82, 2.24) is 0 Å². The molecule has 2 aromatic rings. The predicted octanol–water partition coefficient (Wildman–Crippen LogP) is 5.10. The van der Waals surface area contributed by atoms with Crippen molar-refractivity contribution in [3.05, 3.63) is 71.8 Å². The first-order chi connectivity index (χ1) is 15.5. The first-order valence-corrected chi connectivity index (χ1v) is 11.4. The first kappa shape index (κ1) is 22.1. The fourth-order valence-corrected chi connectivity index (χ4v) is 4.80. The topological polar surface area (TPSA) is 64.6 Å². The summed E-state index contributed by atoms with van der Waals surface area (Å²) in [5, 5.41) is 2.96. The Labute approximate surface area is 189 Å². The lowest BCUT2D eigenvalue weighted by atomic mass is 9.75. The molecular weight excluding hydrogens is 402 g/mol. The number of carbonyl (C=O) groups excluding carboxylic acids is 2. The third kappa shape index (κ3) is 4.87. The van der Waals surface area contributed by atoms with Crippen molar-refractivity contribution in [2.24, 2.45) is 11.3 Å². The molecule has 2 unspecified atom stereocenters. The average Bonchev–Trinajstić information content (AvgIpc) is 3.23. The highest BCUT2D eigenvalue weighted by atomic mass is 16.5. The number of rotatable bonds is 9. The second-order valence-corrected chi connectivity index (χ2v) is 9.03. The van der Waals surface area contributed by atoms with Gasteiger partial charge in [-0.25, -0.2) is 0 Å². The van der Waals surface area contributed by atoms with Crippen LogP contribution in [-0.4, -0.2) is 25.1 Å². The number of hydrogen-bond donors (Lipinski definition) is 1. The molecule has 2 atom stereocenters. The van der Waals surface area contributed by atoms with Gasteiger partial charge in [-0.1, -0.05) is 49.8 Å². The molecule has 2 fully saturated rings. The Kier molecular flexibility index (Phi) is 6.63. The van der Waals surface area contributed by atoms with Gasteiger partial charge in [0.25, 0.3) is 0 Å². The SMILES string of the molecule is C=C1CC2COC(=O)C2(Cc2ccc(NC(=O)Cc3cccc(OCCCC)c3)cc2)C1. The van der Waals surface area contributed by atoms with E-state index in [0.717, 1.165) is 47.4 Å². The van der Waals surface area contributed by atoms with Gasteiger partial charge in [0.1, 0.15) is 5.75 Å². The lowest BCUT2D eigenvalue weighted by Crippen LogP contribution is -2.31. The van der Waals surface area contributed by atoms with Crippen molar-refractivity contribution >= 4 is 17.6 Å². The normalized spacial score (nSPS) is 21.8. The molecule has 0 aromatic heterocycles. The largest absolute Gasteiger partial charge is 0.494 e. The molecule has 1 aliphatic heterocycles. The van der Waals surface area contributed by atoms with E-state index in [9.17, 15) is 9.59 Å². The molecular formula is C27H31NO4. The predicted molar refractivity (Wildman–Crippen MR) is 125 cm³/mol. The summed E-state index contributed by atoms with van der Waals surface area (Å²) in [6, 6.07) is 15.4. The number of allylic oxidation sites excluding steroid dienone is 1. The van der Waals surface area contributed by atoms with E-state index in [0.29, 0.717) is 26.1 Å². The molecule has 1 saturated carbocycles. The van der Waals surface area contributed by atoms with Gasteiger partial charge in [-0.3, -0.25) is 9.59 Å². The first-order valence-electron chi connectivity index (χ1n) is 11.4. The Morgan fingerprint density at radius 2 is 2.03 bits per heavy atom. The van der Waals surface area contributed by atoms with Crippen molar-refractivity contribution < 1.29 is 19.1 Å². The Morgan fingerprint density at radius 3 is 2.81 bits per heavy atom. The number of fused-ring (bicyclic) bond motifs is 1. The molecule has 1 amide bonds. The van der Waals surface area contributed by atoms with Crippen LogP contribution < -0.4 is 10.1 Å². The maximum absolute atomic E-state index is 12.5. The minimum absolute atomic E-state index is 0.0754. The third-order valence-electron chi connectivity index (χ3n) is 6.49. The second-order valence-electron chi connectivity index (χ2n) is 9.03. The maximum atomic E-state index is 12.5. The van der Waals surface area contributed by atoms with Gasteiger partial charge in [0.2, 0.25) is 5.91 Å². The van der Waals surface area contributed by atoms with Crippen LogP contribution in [0.1, 0.15) is 43.7 Å². The lowest BCUT2D eigenvalue weighted by Gasteiger charge is -2.24. The number of amides is 1. The Balaban J connectivity index is 1.34. The fraction of sp³-hybridized carbons (Fsp3) is 0.407. The standard InChI is InChI=1S/C27H31NO4/c1-3-4-12-31-24-7-5-6-21(14-24)15-25(29)28-23-10-8-20(9-11-23)17-27-16-19(2)13-22(27)18-32-26(27)30/h5-11,14,22H,2-4,12-13,15-18H2,1H3,(H,28,29). The van der Waals surface area contributed by atoms with Crippen LogP contribution in [0.15, 0.2) is 60.7 Å². The van der Waals surface area contributed by atoms with E-state index in [1.165, 1.54) is 0 Å². The van der Waals surface area contributed by atoms with Crippen LogP contribution in [0.3, 0.4) is 0 Å². The molecule has 2 aliphatic rings. The van der Waals surface area contributed by atoms with Crippen LogP contribution in [0.4, 0.5) is 5.69 Å². The van der Waals surface area contributed by atoms with Gasteiger partial charge in [0, 0.05) is 11.6 Å². The van der Waals surface area contributed by atoms with Gasteiger partial charge in [-0.15, -0.1) is 0 Å². The van der Waals surface area contributed by atoms with E-state index in [4.69, 9.17) is 9.47 Å². The molecule has 0 radical (unpaired) electrons. The van der Waals surface area contributed by atoms with Crippen LogP contribution >= 0.6 is 0 Å². The van der Waals surface area contributed by atoms with Crippen molar-refractivity contribution in [3.63, 3.8) is 0 Å². The maximum Gasteiger partial charge on any atom is 0.313 e. The Bertz CT molecular complexity index is 997. The number of benzene rings is 2. The molecule has 2 aromatic carbocycles. The van der Waals surface area contributed by atoms with E-state index >= 15 is 0 Å². The van der Waals surface area contributed by atoms with Gasteiger partial charge >= 0.3 is 5.97 Å². The van der Waals surface area contributed by atoms with Crippen molar-refractivity contribution in [3.8, 4) is 5.75 Å². The Morgan fingerprint density at radius 1 is 1.22 bits per heavy atom. The van der Waals surface area contributed by atoms with Gasteiger partial charge < -0.3 is 14.8 Å². The zero-order chi connectivity index (χ0) is 22.6. The number of hydrogen-bond acceptors (Lipinski definition) is 4. The quantitative estimate of drug-likeness (QED) is 0.340. The van der Waals surface area contributed by atoms with E-state index in [2.05, 4.69) is 18.8 Å². The van der Waals surface area contributed by atoms with Crippen molar-refractivity contribution in [2.45, 2.75) is 45.4 Å². The molecule has 1 saturated heterocycles. The monoisotopic (exact) mass is 433 g/mol. The number of unbranched alkanes of at least 4 members (excludes halogenated alkanes) is 1. The highest BCUT2D eigenvalue weighted by Gasteiger charge is 2.55. The van der Waals surface area contributed by atoms with E-state index in [-0.39, 0.29) is 24.2 Å². The third-order valence-corrected chi connectivity index (χ3v) is 6.49. The van der Waals surface area contributed by atoms with Gasteiger partial charge in [0.05, 0.1) is 25.0 Å². The van der Waals surface area contributed by atoms with Gasteiger partial charge in [-0.2, -0.15) is 0 Å². The number of anilines is 1. The summed E-state index contributed by atoms with van der Waals surface area (Å²) in [7, 11) is 0. The summed E-state index contributed by atoms with van der Waals surface area (Å²) in [6.07, 6.45) is 4.60. The minimum Gasteiger partial charge on any atom is -0.494 e. The van der Waals surface area contributed by atoms with Gasteiger partial charge in [-0.05, 0) is 61.1 Å². The molecule has 5 heteroatoms. The van der Waals surface area contributed by atoms with Crippen LogP contribution in [0.5, 0.6) is 5.75 Å². The van der Waals surface area contributed by atoms with Crippen LogP contribution in [-0.2, 0) is 27.2 Å². The zero-order valence-corrected chi connectivity index (χ0v) is 18.7. The van der Waals surface area contributed by atoms with Gasteiger partial charge in [0.15, 0.2) is 0 Å². The minimum atomic E-state index is -0.466. The number of carbonyl (C=O) groups is 2. The molecule has 4 rings (SSSR count). The molecule has 0 spiro atoms. The highest BCUT2D eigenvalue weighted by Crippen LogP contribution is 2.52. The summed E-state index contributed by atoms with van der Waals surface area (Å²) < 4.78 is 11.1. The van der Waals surface area contributed by atoms with E-state index < -0.39 is 5.41 Å². The second kappa shape index (κ2) is 9.60. The van der Waals surface area contributed by atoms with Crippen molar-refractivity contribution in [2.75, 3.05) is 18.5 Å². The number of esters is 1. The van der Waals surface area contributed by atoms with E-state index in [1.54, 1.807) is 0 Å². The van der Waals surface area contributed by atoms with Crippen LogP contribution in [0.2, 0.25) is 0 Å². The lowest BCUT2D eigenvalue weighted by molar-refractivity contribution is -0.146. The number of cyclic esters (lactones) is 1. The summed E-state index contributed by atoms with van der Waals surface area (Å²) in [4.78, 5) is 25.0. The molecule has 1 aliphatic carbocycles. The Hall–Kier alpha value is -3.08. The smallest absolute Gasteiger partial charge is 0.313 e. The van der Waals surface area contributed by atoms with Crippen LogP contribution in [0.25, 0.3) is 0 Å². The number of ether oxygens (including phenoxy) is 2. The summed E-state index contributed by atoms with van der Waals surface area (Å²) >= 11 is 0. The molecule has 32 heavy (non-hydrogen) atoms. The molecule has 5 nitrogen and oxygen atoms in total. The van der Waals surface area contributed by atoms with Crippen molar-refractivity contribution in [1.29, 1.82) is 0 Å². The van der Waals surface area contributed by atoms with Crippen LogP contribution in [0, 0.1) is 11.3 Å². The molecule has 0 bridgehead atoms. The average molecular weight is 434 g/mol. The summed E-state index contributed by atoms with van der Waals surface area (Å²) in [6.45, 7) is 7.41. The zero-order valence-electron chi connectivity index (χ0n) is 18.7. The van der Waals surface area contributed by atoms with E-state index in [1.807, 2.05) is 48.5 Å². The molecule has 168 valence electrons. The number of nitrogens with one attached hydrogen (secondary N) is 1. The molecule has 1 heterocycles. The fourth-order valence-electron chi connectivity index (χ4n) is 4.80. The summed E-state index contributed by atoms with van der Waals surface area (Å²) in [5.41, 5.74) is 3.40.